The van der Waals surface area contributed by atoms with Crippen LogP contribution in [0.3, 0.4) is 0 Å². The number of halogens is 1. The summed E-state index contributed by atoms with van der Waals surface area (Å²) in [5, 5.41) is 8.91. The molecule has 0 saturated heterocycles. The fourth-order valence-electron chi connectivity index (χ4n) is 3.36. The summed E-state index contributed by atoms with van der Waals surface area (Å²) in [4.78, 5) is 30.7. The summed E-state index contributed by atoms with van der Waals surface area (Å²) >= 11 is 0. The summed E-state index contributed by atoms with van der Waals surface area (Å²) in [7, 11) is 0. The second-order valence-electron chi connectivity index (χ2n) is 8.06. The molecule has 0 aliphatic heterocycles. The number of nitrogens with zero attached hydrogens (tertiary/aromatic N) is 5. The Labute approximate surface area is 167 Å². The van der Waals surface area contributed by atoms with Crippen molar-refractivity contribution in [1.29, 1.82) is 5.26 Å². The molecule has 152 valence electrons. The van der Waals surface area contributed by atoms with Gasteiger partial charge < -0.3 is 4.57 Å². The van der Waals surface area contributed by atoms with E-state index in [0.717, 1.165) is 10.6 Å². The van der Waals surface area contributed by atoms with E-state index in [1.54, 1.807) is 10.9 Å². The van der Waals surface area contributed by atoms with Crippen molar-refractivity contribution in [3.63, 3.8) is 0 Å². The zero-order valence-corrected chi connectivity index (χ0v) is 17.0. The molecule has 0 saturated carbocycles. The van der Waals surface area contributed by atoms with Gasteiger partial charge in [0, 0.05) is 18.7 Å². The average Bonchev–Trinajstić information content (AvgIpc) is 3.06. The van der Waals surface area contributed by atoms with Crippen LogP contribution >= 0.6 is 0 Å². The van der Waals surface area contributed by atoms with Gasteiger partial charge in [0.1, 0.15) is 5.82 Å². The van der Waals surface area contributed by atoms with Gasteiger partial charge in [-0.1, -0.05) is 33.8 Å². The third-order valence-electron chi connectivity index (χ3n) is 4.60. The van der Waals surface area contributed by atoms with Crippen molar-refractivity contribution in [2.75, 3.05) is 0 Å². The van der Waals surface area contributed by atoms with Crippen LogP contribution < -0.4 is 11.2 Å². The van der Waals surface area contributed by atoms with Crippen LogP contribution in [-0.2, 0) is 19.6 Å². The lowest BCUT2D eigenvalue weighted by atomic mass is 10.1. The predicted octanol–water partition coefficient (Wildman–Crippen LogP) is 2.73. The van der Waals surface area contributed by atoms with Crippen molar-refractivity contribution in [3.8, 4) is 6.07 Å². The van der Waals surface area contributed by atoms with Crippen molar-refractivity contribution in [3.05, 3.63) is 62.3 Å². The van der Waals surface area contributed by atoms with Crippen molar-refractivity contribution >= 4 is 11.2 Å². The molecule has 0 aliphatic carbocycles. The van der Waals surface area contributed by atoms with Crippen LogP contribution in [-0.4, -0.2) is 18.7 Å². The minimum atomic E-state index is -0.624. The van der Waals surface area contributed by atoms with Gasteiger partial charge in [0.15, 0.2) is 11.2 Å². The van der Waals surface area contributed by atoms with Gasteiger partial charge in [0.05, 0.1) is 24.5 Å². The fourth-order valence-corrected chi connectivity index (χ4v) is 3.36. The van der Waals surface area contributed by atoms with E-state index in [4.69, 9.17) is 5.26 Å². The first-order valence-corrected chi connectivity index (χ1v) is 9.60. The Hall–Kier alpha value is -3.21. The normalized spacial score (nSPS) is 11.5. The number of hydrogen-bond donors (Lipinski definition) is 0. The molecule has 2 heterocycles. The predicted molar refractivity (Wildman–Crippen MR) is 108 cm³/mol. The minimum absolute atomic E-state index is 0.156. The first-order valence-electron chi connectivity index (χ1n) is 9.60. The van der Waals surface area contributed by atoms with Gasteiger partial charge in [-0.25, -0.2) is 14.2 Å². The summed E-state index contributed by atoms with van der Waals surface area (Å²) in [6, 6.07) is 5.88. The molecule has 2 aromatic heterocycles. The van der Waals surface area contributed by atoms with E-state index in [-0.39, 0.29) is 29.5 Å². The second kappa shape index (κ2) is 8.03. The van der Waals surface area contributed by atoms with E-state index in [1.807, 2.05) is 33.8 Å². The highest BCUT2D eigenvalue weighted by molar-refractivity contribution is 5.70. The van der Waals surface area contributed by atoms with Crippen molar-refractivity contribution in [1.82, 2.24) is 18.7 Å². The van der Waals surface area contributed by atoms with Crippen LogP contribution in [0.25, 0.3) is 11.2 Å². The largest absolute Gasteiger partial charge is 0.333 e. The van der Waals surface area contributed by atoms with Gasteiger partial charge in [-0.3, -0.25) is 13.9 Å². The lowest BCUT2D eigenvalue weighted by molar-refractivity contribution is 0.489. The molecule has 0 N–H and O–H groups in total. The summed E-state index contributed by atoms with van der Waals surface area (Å²) in [5.74, 6) is -0.188. The van der Waals surface area contributed by atoms with Gasteiger partial charge >= 0.3 is 5.69 Å². The third-order valence-corrected chi connectivity index (χ3v) is 4.60. The smallest absolute Gasteiger partial charge is 0.324 e. The standard InChI is InChI=1S/C21H24FN5O2/c1-13(2)9-25-12-24-19-18(25)20(28)27(21(29)26(19)10-14(3)4)11-16-6-5-15(8-23)7-17(16)22/h5-7,12-14H,9-11H2,1-4H3. The summed E-state index contributed by atoms with van der Waals surface area (Å²) < 4.78 is 18.7. The Morgan fingerprint density at radius 2 is 1.79 bits per heavy atom. The molecular formula is C21H24FN5O2. The topological polar surface area (TPSA) is 85.6 Å². The van der Waals surface area contributed by atoms with E-state index in [9.17, 15) is 14.0 Å². The number of hydrogen-bond acceptors (Lipinski definition) is 4. The quantitative estimate of drug-likeness (QED) is 0.640. The van der Waals surface area contributed by atoms with Gasteiger partial charge in [-0.05, 0) is 24.0 Å². The molecule has 3 rings (SSSR count). The van der Waals surface area contributed by atoms with Crippen molar-refractivity contribution < 1.29 is 4.39 Å². The fraction of sp³-hybridized carbons (Fsp3) is 0.429. The van der Waals surface area contributed by atoms with Crippen LogP contribution in [0.2, 0.25) is 0 Å². The molecule has 0 fully saturated rings. The van der Waals surface area contributed by atoms with E-state index in [2.05, 4.69) is 4.98 Å². The number of rotatable bonds is 6. The zero-order chi connectivity index (χ0) is 21.3. The molecule has 0 amide bonds. The van der Waals surface area contributed by atoms with Crippen LogP contribution in [0, 0.1) is 29.0 Å². The Bertz CT molecular complexity index is 1210. The molecule has 7 nitrogen and oxygen atoms in total. The first kappa shape index (κ1) is 20.5. The maximum Gasteiger partial charge on any atom is 0.333 e. The number of imidazole rings is 1. The van der Waals surface area contributed by atoms with E-state index in [1.165, 1.54) is 16.7 Å². The SMILES string of the molecule is CC(C)Cn1cnc2c1c(=O)n(Cc1ccc(C#N)cc1F)c(=O)n2CC(C)C. The van der Waals surface area contributed by atoms with Crippen molar-refractivity contribution in [2.24, 2.45) is 11.8 Å². The zero-order valence-electron chi connectivity index (χ0n) is 17.0. The lowest BCUT2D eigenvalue weighted by Crippen LogP contribution is -2.41. The lowest BCUT2D eigenvalue weighted by Gasteiger charge is -2.15. The van der Waals surface area contributed by atoms with Gasteiger partial charge in [0.25, 0.3) is 5.56 Å². The van der Waals surface area contributed by atoms with Crippen LogP contribution in [0.1, 0.15) is 38.8 Å². The van der Waals surface area contributed by atoms with Gasteiger partial charge in [0.2, 0.25) is 0 Å². The Morgan fingerprint density at radius 3 is 2.38 bits per heavy atom. The van der Waals surface area contributed by atoms with Gasteiger partial charge in [-0.2, -0.15) is 5.26 Å². The van der Waals surface area contributed by atoms with Crippen LogP contribution in [0.4, 0.5) is 4.39 Å². The molecule has 0 radical (unpaired) electrons. The molecule has 0 aliphatic rings. The molecule has 0 atom stereocenters. The highest BCUT2D eigenvalue weighted by atomic mass is 19.1. The summed E-state index contributed by atoms with van der Waals surface area (Å²) in [5.41, 5.74) is 0.0374. The number of fused-ring (bicyclic) bond motifs is 1. The van der Waals surface area contributed by atoms with E-state index in [0.29, 0.717) is 24.3 Å². The van der Waals surface area contributed by atoms with Crippen LogP contribution in [0.15, 0.2) is 34.1 Å². The molecule has 1 aromatic carbocycles. The highest BCUT2D eigenvalue weighted by Gasteiger charge is 2.20. The van der Waals surface area contributed by atoms with E-state index >= 15 is 0 Å². The first-order chi connectivity index (χ1) is 13.7. The molecule has 0 unspecified atom stereocenters. The summed E-state index contributed by atoms with van der Waals surface area (Å²) in [6.07, 6.45) is 1.58. The Morgan fingerprint density at radius 1 is 1.10 bits per heavy atom. The second-order valence-corrected chi connectivity index (χ2v) is 8.06. The number of aromatic nitrogens is 4. The molecule has 0 bridgehead atoms. The van der Waals surface area contributed by atoms with Crippen LogP contribution in [0.5, 0.6) is 0 Å². The molecule has 8 heteroatoms. The summed E-state index contributed by atoms with van der Waals surface area (Å²) in [6.45, 7) is 8.76. The maximum atomic E-state index is 14.4. The highest BCUT2D eigenvalue weighted by Crippen LogP contribution is 2.14. The number of nitriles is 1. The maximum absolute atomic E-state index is 14.4. The molecule has 29 heavy (non-hydrogen) atoms. The number of benzene rings is 1. The molecular weight excluding hydrogens is 373 g/mol. The molecule has 0 spiro atoms. The third kappa shape index (κ3) is 3.99. The van der Waals surface area contributed by atoms with Gasteiger partial charge in [-0.15, -0.1) is 0 Å². The Kier molecular flexibility index (Phi) is 5.69. The van der Waals surface area contributed by atoms with E-state index < -0.39 is 17.1 Å². The monoisotopic (exact) mass is 397 g/mol. The molecule has 3 aromatic rings. The average molecular weight is 397 g/mol. The Balaban J connectivity index is 2.24. The van der Waals surface area contributed by atoms with Crippen molar-refractivity contribution in [2.45, 2.75) is 47.3 Å². The minimum Gasteiger partial charge on any atom is -0.324 e.